The number of benzene rings is 8. The minimum atomic E-state index is -1.07. The highest BCUT2D eigenvalue weighted by Crippen LogP contribution is 2.61. The van der Waals surface area contributed by atoms with Gasteiger partial charge in [-0.3, -0.25) is 0 Å². The van der Waals surface area contributed by atoms with Gasteiger partial charge < -0.3 is 5.32 Å². The van der Waals surface area contributed by atoms with Crippen molar-refractivity contribution in [1.82, 2.24) is 5.06 Å². The molecule has 4 aliphatic carbocycles. The van der Waals surface area contributed by atoms with E-state index < -0.39 is 16.6 Å². The maximum absolute atomic E-state index is 10.3. The lowest BCUT2D eigenvalue weighted by molar-refractivity contribution is -0.221. The number of guanidine groups is 1. The molecule has 0 fully saturated rings. The molecule has 8 aromatic carbocycles. The number of anilines is 1. The van der Waals surface area contributed by atoms with Crippen molar-refractivity contribution >= 4 is 38.9 Å². The zero-order valence-electron chi connectivity index (χ0n) is 36.8. The number of aliphatic imine (C=N–C) groups is 2. The van der Waals surface area contributed by atoms with Gasteiger partial charge in [0.1, 0.15) is 0 Å². The molecular formula is C59H41N7O. The fraction of sp³-hybridized carbons (Fsp3) is 0.169. The molecule has 0 amide bonds. The van der Waals surface area contributed by atoms with Gasteiger partial charge in [-0.25, -0.2) is 14.9 Å². The second-order valence-corrected chi connectivity index (χ2v) is 19.1. The molecule has 67 heavy (non-hydrogen) atoms. The van der Waals surface area contributed by atoms with E-state index in [2.05, 4.69) is 138 Å². The molecule has 2 unspecified atom stereocenters. The van der Waals surface area contributed by atoms with E-state index in [9.17, 15) is 15.8 Å². The summed E-state index contributed by atoms with van der Waals surface area (Å²) < 4.78 is 0. The van der Waals surface area contributed by atoms with E-state index in [0.29, 0.717) is 23.5 Å². The molecule has 0 radical (unpaired) electrons. The fourth-order valence-corrected chi connectivity index (χ4v) is 12.7. The summed E-state index contributed by atoms with van der Waals surface area (Å²) in [6.45, 7) is 0. The van der Waals surface area contributed by atoms with Gasteiger partial charge in [0.2, 0.25) is 17.9 Å². The Bertz CT molecular complexity index is 3660. The summed E-state index contributed by atoms with van der Waals surface area (Å²) in [5.74, 6) is 0.624. The van der Waals surface area contributed by atoms with Gasteiger partial charge in [0.15, 0.2) is 0 Å². The third-order valence-electron chi connectivity index (χ3n) is 15.4. The summed E-state index contributed by atoms with van der Waals surface area (Å²) in [6, 6.07) is 57.4. The number of hydrogen-bond donors (Lipinski definition) is 1. The van der Waals surface area contributed by atoms with E-state index >= 15 is 0 Å². The van der Waals surface area contributed by atoms with Gasteiger partial charge in [-0.2, -0.15) is 20.8 Å². The SMILES string of the molecule is CN1OC2(N=C1Nc1ccc3cccc4c3c1CC1(Cc3ccc(-c5cccc(C#N)c5)cc3C1=NC#N)C4)c1cc(-c3cccc(C#N)c3)ccc1CC21Cc2cccc3cccc(c23)C1. The van der Waals surface area contributed by atoms with E-state index in [-0.39, 0.29) is 0 Å². The zero-order valence-corrected chi connectivity index (χ0v) is 36.8. The molecule has 1 heterocycles. The first-order chi connectivity index (χ1) is 32.8. The number of hydrogen-bond acceptors (Lipinski definition) is 8. The fourth-order valence-electron chi connectivity index (χ4n) is 12.7. The molecule has 13 rings (SSSR count). The minimum absolute atomic E-state index is 0.440. The Labute approximate surface area is 388 Å². The van der Waals surface area contributed by atoms with Crippen molar-refractivity contribution in [2.75, 3.05) is 12.4 Å². The van der Waals surface area contributed by atoms with E-state index in [1.807, 2.05) is 54.6 Å². The van der Waals surface area contributed by atoms with Crippen LogP contribution in [0.25, 0.3) is 43.8 Å². The monoisotopic (exact) mass is 863 g/mol. The molecular weight excluding hydrogens is 823 g/mol. The maximum Gasteiger partial charge on any atom is 0.226 e. The highest BCUT2D eigenvalue weighted by atomic mass is 16.7. The van der Waals surface area contributed by atoms with Gasteiger partial charge in [0.25, 0.3) is 0 Å². The van der Waals surface area contributed by atoms with E-state index in [1.54, 1.807) is 0 Å². The van der Waals surface area contributed by atoms with E-state index in [1.165, 1.54) is 49.4 Å². The lowest BCUT2D eigenvalue weighted by Crippen LogP contribution is -2.47. The second-order valence-electron chi connectivity index (χ2n) is 19.1. The first-order valence-electron chi connectivity index (χ1n) is 22.9. The van der Waals surface area contributed by atoms with Crippen LogP contribution >= 0.6 is 0 Å². The molecule has 8 nitrogen and oxygen atoms in total. The van der Waals surface area contributed by atoms with E-state index in [0.717, 1.165) is 82.4 Å². The van der Waals surface area contributed by atoms with Crippen LogP contribution in [0.1, 0.15) is 55.6 Å². The van der Waals surface area contributed by atoms with Gasteiger partial charge in [-0.05, 0) is 158 Å². The molecule has 0 saturated carbocycles. The third-order valence-corrected chi connectivity index (χ3v) is 15.4. The van der Waals surface area contributed by atoms with Crippen LogP contribution in [0, 0.1) is 44.9 Å². The van der Waals surface area contributed by atoms with Crippen LogP contribution in [-0.4, -0.2) is 23.8 Å². The highest BCUT2D eigenvalue weighted by molar-refractivity contribution is 6.12. The van der Waals surface area contributed by atoms with Gasteiger partial charge in [-0.1, -0.05) is 109 Å². The molecule has 3 spiro atoms. The minimum Gasteiger partial charge on any atom is -0.324 e. The number of nitrogens with one attached hydrogen (secondary N) is 1. The third kappa shape index (κ3) is 5.72. The molecule has 1 aliphatic heterocycles. The summed E-state index contributed by atoms with van der Waals surface area (Å²) in [5, 5.41) is 40.4. The lowest BCUT2D eigenvalue weighted by Gasteiger charge is -2.44. The van der Waals surface area contributed by atoms with Gasteiger partial charge in [0, 0.05) is 34.7 Å². The highest BCUT2D eigenvalue weighted by Gasteiger charge is 2.64. The second kappa shape index (κ2) is 14.3. The summed E-state index contributed by atoms with van der Waals surface area (Å²) in [7, 11) is 1.96. The van der Waals surface area contributed by atoms with Crippen molar-refractivity contribution in [2.24, 2.45) is 20.8 Å². The van der Waals surface area contributed by atoms with Crippen molar-refractivity contribution in [3.63, 3.8) is 0 Å². The summed E-state index contributed by atoms with van der Waals surface area (Å²) in [5.41, 5.74) is 14.4. The summed E-state index contributed by atoms with van der Waals surface area (Å²) in [6.07, 6.45) is 6.72. The summed E-state index contributed by atoms with van der Waals surface area (Å²) >= 11 is 0. The van der Waals surface area contributed by atoms with Crippen LogP contribution in [0.15, 0.2) is 162 Å². The van der Waals surface area contributed by atoms with Crippen LogP contribution in [0.4, 0.5) is 5.69 Å². The Hall–Kier alpha value is -8.35. The molecule has 0 aromatic heterocycles. The Kier molecular flexibility index (Phi) is 8.35. The van der Waals surface area contributed by atoms with Gasteiger partial charge >= 0.3 is 0 Å². The van der Waals surface area contributed by atoms with Gasteiger partial charge in [-0.15, -0.1) is 0 Å². The number of fused-ring (bicyclic) bond motifs is 4. The predicted octanol–water partition coefficient (Wildman–Crippen LogP) is 11.5. The molecule has 8 heteroatoms. The van der Waals surface area contributed by atoms with Crippen LogP contribution in [-0.2, 0) is 49.1 Å². The van der Waals surface area contributed by atoms with Crippen molar-refractivity contribution in [1.29, 1.82) is 15.8 Å². The largest absolute Gasteiger partial charge is 0.324 e. The van der Waals surface area contributed by atoms with Crippen molar-refractivity contribution in [2.45, 2.75) is 44.2 Å². The predicted molar refractivity (Wildman–Crippen MR) is 262 cm³/mol. The number of nitriles is 3. The Morgan fingerprint density at radius 3 is 1.84 bits per heavy atom. The molecule has 1 N–H and O–H groups in total. The Morgan fingerprint density at radius 2 is 1.16 bits per heavy atom. The molecule has 0 saturated heterocycles. The normalized spacial score (nSPS) is 20.8. The van der Waals surface area contributed by atoms with Crippen LogP contribution in [0.2, 0.25) is 0 Å². The number of nitrogens with zero attached hydrogens (tertiary/aromatic N) is 6. The smallest absolute Gasteiger partial charge is 0.226 e. The first-order valence-corrected chi connectivity index (χ1v) is 22.9. The van der Waals surface area contributed by atoms with E-state index in [4.69, 9.17) is 9.83 Å². The van der Waals surface area contributed by atoms with Crippen molar-refractivity contribution < 1.29 is 4.84 Å². The van der Waals surface area contributed by atoms with Crippen molar-refractivity contribution in [3.05, 3.63) is 207 Å². The molecule has 8 aromatic rings. The van der Waals surface area contributed by atoms with Crippen LogP contribution in [0.5, 0.6) is 0 Å². The average molecular weight is 864 g/mol. The van der Waals surface area contributed by atoms with Crippen LogP contribution < -0.4 is 5.32 Å². The number of rotatable bonds is 3. The molecule has 318 valence electrons. The Morgan fingerprint density at radius 1 is 0.582 bits per heavy atom. The summed E-state index contributed by atoms with van der Waals surface area (Å²) in [4.78, 5) is 17.8. The first kappa shape index (κ1) is 39.1. The maximum atomic E-state index is 10.3. The van der Waals surface area contributed by atoms with Crippen LogP contribution in [0.3, 0.4) is 0 Å². The molecule has 0 bridgehead atoms. The average Bonchev–Trinajstić information content (AvgIpc) is 3.93. The number of hydroxylamine groups is 2. The Balaban J connectivity index is 0.934. The topological polar surface area (TPSA) is 121 Å². The quantitative estimate of drug-likeness (QED) is 0.177. The zero-order chi connectivity index (χ0) is 45.1. The molecule has 2 atom stereocenters. The lowest BCUT2D eigenvalue weighted by atomic mass is 9.65. The molecule has 5 aliphatic rings. The van der Waals surface area contributed by atoms with Gasteiger partial charge in [0.05, 0.1) is 29.0 Å². The standard InChI is InChI=1S/C59H41N7O/c1-66-56(65-59(67-66)51-26-43(41-13-3-8-37(24-41)34-61)18-20-45(51)29-58(59)30-47-15-4-9-38-10-5-16-48(31-58)53(38)47)64-52-22-21-39-11-6-14-46-28-57(32-50(52)54(39)46)27-44-19-17-42(25-49(44)55(57)63-35-62)40-12-2-7-36(23-40)33-60/h2-26H,27-32H2,1H3,(H,64,65). The van der Waals surface area contributed by atoms with Crippen molar-refractivity contribution in [3.8, 4) is 40.6 Å².